The second-order valence-corrected chi connectivity index (χ2v) is 8.86. The quantitative estimate of drug-likeness (QED) is 0.893. The Bertz CT molecular complexity index is 503. The van der Waals surface area contributed by atoms with E-state index in [-0.39, 0.29) is 0 Å². The van der Waals surface area contributed by atoms with Crippen molar-refractivity contribution in [2.24, 2.45) is 11.8 Å². The zero-order valence-corrected chi connectivity index (χ0v) is 14.2. The second kappa shape index (κ2) is 5.36. The highest BCUT2D eigenvalue weighted by atomic mass is 32.1. The fourth-order valence-electron chi connectivity index (χ4n) is 4.07. The van der Waals surface area contributed by atoms with Crippen LogP contribution in [-0.2, 0) is 13.0 Å². The van der Waals surface area contributed by atoms with Crippen molar-refractivity contribution in [3.8, 4) is 0 Å². The zero-order valence-electron chi connectivity index (χ0n) is 13.4. The highest BCUT2D eigenvalue weighted by Crippen LogP contribution is 2.44. The highest BCUT2D eigenvalue weighted by molar-refractivity contribution is 7.11. The summed E-state index contributed by atoms with van der Waals surface area (Å²) in [6, 6.07) is 5.47. The van der Waals surface area contributed by atoms with E-state index in [1.807, 2.05) is 11.3 Å². The lowest BCUT2D eigenvalue weighted by atomic mass is 9.90. The fraction of sp³-hybridized carbons (Fsp3) is 0.778. The van der Waals surface area contributed by atoms with Crippen LogP contribution in [0.2, 0.25) is 0 Å². The maximum absolute atomic E-state index is 3.92. The largest absolute Gasteiger partial charge is 0.308 e. The van der Waals surface area contributed by atoms with E-state index in [1.165, 1.54) is 56.6 Å². The van der Waals surface area contributed by atoms with Gasteiger partial charge in [-0.15, -0.1) is 11.3 Å². The minimum absolute atomic E-state index is 0.371. The van der Waals surface area contributed by atoms with Crippen LogP contribution in [0.3, 0.4) is 0 Å². The van der Waals surface area contributed by atoms with Crippen LogP contribution in [0.1, 0.15) is 49.3 Å². The minimum atomic E-state index is 0.371. The van der Waals surface area contributed by atoms with Gasteiger partial charge < -0.3 is 5.32 Å². The normalized spacial score (nSPS) is 34.3. The van der Waals surface area contributed by atoms with Crippen LogP contribution in [0.4, 0.5) is 0 Å². The van der Waals surface area contributed by atoms with Gasteiger partial charge in [-0.25, -0.2) is 0 Å². The van der Waals surface area contributed by atoms with Gasteiger partial charge in [0.1, 0.15) is 0 Å². The molecule has 3 fully saturated rings. The van der Waals surface area contributed by atoms with Gasteiger partial charge in [-0.3, -0.25) is 4.90 Å². The Morgan fingerprint density at radius 3 is 2.62 bits per heavy atom. The van der Waals surface area contributed by atoms with Crippen LogP contribution in [0.5, 0.6) is 0 Å². The molecule has 2 nitrogen and oxygen atoms in total. The Labute approximate surface area is 132 Å². The van der Waals surface area contributed by atoms with Gasteiger partial charge in [0, 0.05) is 41.0 Å². The molecule has 1 saturated heterocycles. The molecule has 3 aliphatic rings. The van der Waals surface area contributed by atoms with E-state index in [0.29, 0.717) is 5.54 Å². The van der Waals surface area contributed by atoms with Gasteiger partial charge in [0.2, 0.25) is 0 Å². The van der Waals surface area contributed by atoms with Crippen LogP contribution in [0, 0.1) is 11.8 Å². The van der Waals surface area contributed by atoms with E-state index in [1.54, 1.807) is 4.88 Å². The van der Waals surface area contributed by atoms with E-state index in [4.69, 9.17) is 0 Å². The molecule has 21 heavy (non-hydrogen) atoms. The monoisotopic (exact) mass is 304 g/mol. The molecule has 2 atom stereocenters. The molecule has 1 aliphatic heterocycles. The molecular formula is C18H28N2S. The standard InChI is InChI=1S/C18H28N2S/c1-3-15-8-9-16(21-15)11-20-12-18(2,14-6-7-14)19-10-17(20)13-4-5-13/h8-9,13-14,17,19H,3-7,10-12H2,1-2H3. The number of hydrogen-bond acceptors (Lipinski definition) is 3. The third kappa shape index (κ3) is 2.93. The lowest BCUT2D eigenvalue weighted by Gasteiger charge is -2.47. The molecule has 4 rings (SSSR count). The molecule has 3 heteroatoms. The minimum Gasteiger partial charge on any atom is -0.308 e. The molecule has 2 saturated carbocycles. The average molecular weight is 305 g/mol. The number of aryl methyl sites for hydroxylation is 1. The fourth-order valence-corrected chi connectivity index (χ4v) is 5.06. The summed E-state index contributed by atoms with van der Waals surface area (Å²) in [5, 5.41) is 3.92. The first-order valence-electron chi connectivity index (χ1n) is 8.74. The molecular weight excluding hydrogens is 276 g/mol. The Morgan fingerprint density at radius 2 is 2.00 bits per heavy atom. The average Bonchev–Trinajstić information content (AvgIpc) is 3.36. The number of thiophene rings is 1. The molecule has 116 valence electrons. The van der Waals surface area contributed by atoms with Gasteiger partial charge in [0.15, 0.2) is 0 Å². The SMILES string of the molecule is CCc1ccc(CN2CC(C)(C3CC3)NCC2C2CC2)s1. The number of piperazine rings is 1. The van der Waals surface area contributed by atoms with E-state index >= 15 is 0 Å². The maximum atomic E-state index is 3.92. The highest BCUT2D eigenvalue weighted by Gasteiger charge is 2.48. The maximum Gasteiger partial charge on any atom is 0.0332 e. The van der Waals surface area contributed by atoms with Gasteiger partial charge in [-0.1, -0.05) is 6.92 Å². The molecule has 0 aromatic carbocycles. The van der Waals surface area contributed by atoms with E-state index in [0.717, 1.165) is 17.9 Å². The number of nitrogens with one attached hydrogen (secondary N) is 1. The molecule has 2 aliphatic carbocycles. The summed E-state index contributed by atoms with van der Waals surface area (Å²) in [6.45, 7) is 8.36. The Hall–Kier alpha value is -0.380. The summed E-state index contributed by atoms with van der Waals surface area (Å²) < 4.78 is 0. The Morgan fingerprint density at radius 1 is 1.24 bits per heavy atom. The molecule has 1 N–H and O–H groups in total. The van der Waals surface area contributed by atoms with E-state index < -0.39 is 0 Å². The van der Waals surface area contributed by atoms with Crippen LogP contribution in [0.25, 0.3) is 0 Å². The summed E-state index contributed by atoms with van der Waals surface area (Å²) >= 11 is 2.02. The summed E-state index contributed by atoms with van der Waals surface area (Å²) in [7, 11) is 0. The van der Waals surface area contributed by atoms with E-state index in [2.05, 4.69) is 36.2 Å². The molecule has 2 heterocycles. The van der Waals surface area contributed by atoms with Crippen molar-refractivity contribution in [1.82, 2.24) is 10.2 Å². The Kier molecular flexibility index (Phi) is 3.63. The number of hydrogen-bond donors (Lipinski definition) is 1. The Balaban J connectivity index is 1.50. The van der Waals surface area contributed by atoms with Crippen LogP contribution >= 0.6 is 11.3 Å². The smallest absolute Gasteiger partial charge is 0.0332 e. The van der Waals surface area contributed by atoms with Crippen LogP contribution < -0.4 is 5.32 Å². The summed E-state index contributed by atoms with van der Waals surface area (Å²) in [5.41, 5.74) is 0.371. The molecule has 0 amide bonds. The second-order valence-electron chi connectivity index (χ2n) is 7.60. The van der Waals surface area contributed by atoms with Gasteiger partial charge in [0.25, 0.3) is 0 Å². The van der Waals surface area contributed by atoms with Gasteiger partial charge in [-0.05, 0) is 63.0 Å². The van der Waals surface area contributed by atoms with Crippen LogP contribution in [-0.4, -0.2) is 29.6 Å². The van der Waals surface area contributed by atoms with Crippen molar-refractivity contribution in [2.45, 2.75) is 64.1 Å². The number of rotatable bonds is 5. The predicted molar refractivity (Wildman–Crippen MR) is 89.8 cm³/mol. The van der Waals surface area contributed by atoms with Gasteiger partial charge >= 0.3 is 0 Å². The third-order valence-electron chi connectivity index (χ3n) is 5.78. The van der Waals surface area contributed by atoms with Gasteiger partial charge in [0.05, 0.1) is 0 Å². The summed E-state index contributed by atoms with van der Waals surface area (Å²) in [4.78, 5) is 5.92. The predicted octanol–water partition coefficient (Wildman–Crippen LogP) is 3.66. The lowest BCUT2D eigenvalue weighted by Crippen LogP contribution is -2.64. The molecule has 0 bridgehead atoms. The van der Waals surface area contributed by atoms with Crippen molar-refractivity contribution >= 4 is 11.3 Å². The summed E-state index contributed by atoms with van der Waals surface area (Å²) in [5.74, 6) is 1.89. The third-order valence-corrected chi connectivity index (χ3v) is 7.00. The van der Waals surface area contributed by atoms with Crippen molar-refractivity contribution in [3.63, 3.8) is 0 Å². The first kappa shape index (κ1) is 14.2. The topological polar surface area (TPSA) is 15.3 Å². The molecule has 0 spiro atoms. The molecule has 2 unspecified atom stereocenters. The summed E-state index contributed by atoms with van der Waals surface area (Å²) in [6.07, 6.45) is 6.95. The number of nitrogens with zero attached hydrogens (tertiary/aromatic N) is 1. The first-order chi connectivity index (χ1) is 10.2. The van der Waals surface area contributed by atoms with Crippen LogP contribution in [0.15, 0.2) is 12.1 Å². The molecule has 1 aromatic rings. The van der Waals surface area contributed by atoms with Crippen molar-refractivity contribution in [3.05, 3.63) is 21.9 Å². The molecule has 0 radical (unpaired) electrons. The van der Waals surface area contributed by atoms with Crippen molar-refractivity contribution < 1.29 is 0 Å². The van der Waals surface area contributed by atoms with Crippen molar-refractivity contribution in [1.29, 1.82) is 0 Å². The van der Waals surface area contributed by atoms with E-state index in [9.17, 15) is 0 Å². The van der Waals surface area contributed by atoms with Gasteiger partial charge in [-0.2, -0.15) is 0 Å². The first-order valence-corrected chi connectivity index (χ1v) is 9.56. The molecule has 1 aromatic heterocycles. The zero-order chi connectivity index (χ0) is 14.4. The van der Waals surface area contributed by atoms with Crippen molar-refractivity contribution in [2.75, 3.05) is 13.1 Å². The lowest BCUT2D eigenvalue weighted by molar-refractivity contribution is 0.0586.